The molecule has 0 fully saturated rings. The number of benzene rings is 3. The summed E-state index contributed by atoms with van der Waals surface area (Å²) in [6, 6.07) is 23.0. The van der Waals surface area contributed by atoms with Gasteiger partial charge in [-0.1, -0.05) is 72.8 Å². The predicted molar refractivity (Wildman–Crippen MR) is 106 cm³/mol. The number of methoxy groups -OCH3 is 1. The maximum Gasteiger partial charge on any atom is 0.206 e. The zero-order valence-corrected chi connectivity index (χ0v) is 15.8. The fourth-order valence-electron chi connectivity index (χ4n) is 3.13. The number of nitrogens with two attached hydrogens (primary N) is 2. The Balaban J connectivity index is 2.28. The normalized spacial score (nSPS) is 14.9. The molecular weight excluding hydrogens is 360 g/mol. The molecule has 0 saturated carbocycles. The number of hydrogen-bond acceptors (Lipinski definition) is 5. The first-order valence-electron chi connectivity index (χ1n) is 8.45. The van der Waals surface area contributed by atoms with Crippen LogP contribution in [0.15, 0.2) is 89.8 Å². The number of rotatable bonds is 6. The van der Waals surface area contributed by atoms with Crippen molar-refractivity contribution in [1.29, 1.82) is 0 Å². The maximum absolute atomic E-state index is 13.8. The van der Waals surface area contributed by atoms with Gasteiger partial charge in [-0.05, 0) is 23.3 Å². The molecule has 0 bridgehead atoms. The summed E-state index contributed by atoms with van der Waals surface area (Å²) in [5.41, 5.74) is 14.2. The first-order valence-corrected chi connectivity index (χ1v) is 9.94. The van der Waals surface area contributed by atoms with Crippen molar-refractivity contribution in [2.45, 2.75) is 15.8 Å². The van der Waals surface area contributed by atoms with Crippen LogP contribution in [-0.2, 0) is 14.7 Å². The van der Waals surface area contributed by atoms with Crippen molar-refractivity contribution < 1.29 is 13.2 Å². The number of para-hydroxylation sites is 1. The van der Waals surface area contributed by atoms with Crippen LogP contribution >= 0.6 is 0 Å². The SMILES string of the molecule is COc1ccccc1S(=O)(=O)C(N)(c1ccccc1)C(N)c1ccccc1. The van der Waals surface area contributed by atoms with Gasteiger partial charge in [0.2, 0.25) is 9.84 Å². The average molecular weight is 382 g/mol. The number of sulfone groups is 1. The van der Waals surface area contributed by atoms with Gasteiger partial charge in [-0.15, -0.1) is 0 Å². The molecule has 0 aliphatic carbocycles. The molecule has 3 rings (SSSR count). The highest BCUT2D eigenvalue weighted by Gasteiger charge is 2.49. The summed E-state index contributed by atoms with van der Waals surface area (Å²) in [5.74, 6) is 0.225. The summed E-state index contributed by atoms with van der Waals surface area (Å²) in [7, 11) is -2.69. The minimum Gasteiger partial charge on any atom is -0.495 e. The summed E-state index contributed by atoms with van der Waals surface area (Å²) >= 11 is 0. The van der Waals surface area contributed by atoms with E-state index in [0.29, 0.717) is 11.1 Å². The molecule has 6 heteroatoms. The second-order valence-corrected chi connectivity index (χ2v) is 8.32. The molecular formula is C21H22N2O3S. The molecule has 2 unspecified atom stereocenters. The van der Waals surface area contributed by atoms with Crippen molar-refractivity contribution in [2.24, 2.45) is 11.5 Å². The second kappa shape index (κ2) is 7.52. The Morgan fingerprint density at radius 1 is 0.852 bits per heavy atom. The Labute approximate surface area is 159 Å². The predicted octanol–water partition coefficient (Wildman–Crippen LogP) is 2.98. The number of hydrogen-bond donors (Lipinski definition) is 2. The van der Waals surface area contributed by atoms with Crippen molar-refractivity contribution in [3.8, 4) is 5.75 Å². The fraction of sp³-hybridized carbons (Fsp3) is 0.143. The molecule has 2 atom stereocenters. The molecule has 0 heterocycles. The largest absolute Gasteiger partial charge is 0.495 e. The monoisotopic (exact) mass is 382 g/mol. The van der Waals surface area contributed by atoms with Gasteiger partial charge < -0.3 is 16.2 Å². The first kappa shape index (κ1) is 19.1. The molecule has 0 amide bonds. The molecule has 0 saturated heterocycles. The Kier molecular flexibility index (Phi) is 5.32. The maximum atomic E-state index is 13.8. The van der Waals surface area contributed by atoms with E-state index in [1.807, 2.05) is 6.07 Å². The van der Waals surface area contributed by atoms with E-state index in [2.05, 4.69) is 0 Å². The van der Waals surface area contributed by atoms with E-state index >= 15 is 0 Å². The summed E-state index contributed by atoms with van der Waals surface area (Å²) in [4.78, 5) is -1.88. The first-order chi connectivity index (χ1) is 12.9. The zero-order chi connectivity index (χ0) is 19.5. The van der Waals surface area contributed by atoms with Crippen LogP contribution < -0.4 is 16.2 Å². The van der Waals surface area contributed by atoms with E-state index in [-0.39, 0.29) is 10.6 Å². The molecule has 27 heavy (non-hydrogen) atoms. The molecule has 4 N–H and O–H groups in total. The van der Waals surface area contributed by atoms with Gasteiger partial charge in [-0.3, -0.25) is 0 Å². The third kappa shape index (κ3) is 3.23. The standard InChI is InChI=1S/C21H22N2O3S/c1-26-18-14-8-9-15-19(18)27(24,25)21(23,17-12-6-3-7-13-17)20(22)16-10-4-2-5-11-16/h2-15,20H,22-23H2,1H3. The van der Waals surface area contributed by atoms with Crippen molar-refractivity contribution >= 4 is 9.84 Å². The third-order valence-corrected chi connectivity index (χ3v) is 6.94. The minimum absolute atomic E-state index is 0.00485. The summed E-state index contributed by atoms with van der Waals surface area (Å²) in [5, 5.41) is 0. The molecule has 0 aliphatic heterocycles. The van der Waals surface area contributed by atoms with Crippen LogP contribution in [0.5, 0.6) is 5.75 Å². The quantitative estimate of drug-likeness (QED) is 0.683. The van der Waals surface area contributed by atoms with Gasteiger partial charge in [0.25, 0.3) is 0 Å². The van der Waals surface area contributed by atoms with Gasteiger partial charge in [0.05, 0.1) is 13.2 Å². The van der Waals surface area contributed by atoms with Gasteiger partial charge in [0.15, 0.2) is 4.87 Å². The van der Waals surface area contributed by atoms with Crippen molar-refractivity contribution in [3.63, 3.8) is 0 Å². The highest BCUT2D eigenvalue weighted by molar-refractivity contribution is 7.92. The lowest BCUT2D eigenvalue weighted by atomic mass is 9.94. The molecule has 0 spiro atoms. The van der Waals surface area contributed by atoms with Crippen molar-refractivity contribution in [3.05, 3.63) is 96.1 Å². The molecule has 0 radical (unpaired) electrons. The molecule has 3 aromatic carbocycles. The van der Waals surface area contributed by atoms with Gasteiger partial charge in [0.1, 0.15) is 10.6 Å². The van der Waals surface area contributed by atoms with Crippen LogP contribution in [0.3, 0.4) is 0 Å². The van der Waals surface area contributed by atoms with Gasteiger partial charge in [0, 0.05) is 0 Å². The molecule has 0 aromatic heterocycles. The molecule has 5 nitrogen and oxygen atoms in total. The topological polar surface area (TPSA) is 95.4 Å². The third-order valence-electron chi connectivity index (χ3n) is 4.65. The summed E-state index contributed by atoms with van der Waals surface area (Å²) in [6.45, 7) is 0. The Hall–Kier alpha value is -2.67. The smallest absolute Gasteiger partial charge is 0.206 e. The lowest BCUT2D eigenvalue weighted by molar-refractivity contribution is 0.398. The molecule has 140 valence electrons. The van der Waals surface area contributed by atoms with Crippen LogP contribution in [0, 0.1) is 0 Å². The van der Waals surface area contributed by atoms with Gasteiger partial charge in [-0.25, -0.2) is 8.42 Å². The Bertz CT molecular complexity index is 1010. The van der Waals surface area contributed by atoms with Crippen LogP contribution in [0.2, 0.25) is 0 Å². The lowest BCUT2D eigenvalue weighted by Crippen LogP contribution is -2.52. The average Bonchev–Trinajstić information content (AvgIpc) is 2.73. The Morgan fingerprint density at radius 2 is 1.37 bits per heavy atom. The van der Waals surface area contributed by atoms with Crippen LogP contribution in [0.25, 0.3) is 0 Å². The molecule has 0 aliphatic rings. The summed E-state index contributed by atoms with van der Waals surface area (Å²) < 4.78 is 32.8. The van der Waals surface area contributed by atoms with Crippen LogP contribution in [0.4, 0.5) is 0 Å². The van der Waals surface area contributed by atoms with E-state index in [0.717, 1.165) is 0 Å². The van der Waals surface area contributed by atoms with Crippen molar-refractivity contribution in [1.82, 2.24) is 0 Å². The Morgan fingerprint density at radius 3 is 1.96 bits per heavy atom. The summed E-state index contributed by atoms with van der Waals surface area (Å²) in [6.07, 6.45) is 0. The van der Waals surface area contributed by atoms with Gasteiger partial charge >= 0.3 is 0 Å². The van der Waals surface area contributed by atoms with Gasteiger partial charge in [-0.2, -0.15) is 0 Å². The highest BCUT2D eigenvalue weighted by atomic mass is 32.2. The highest BCUT2D eigenvalue weighted by Crippen LogP contribution is 2.42. The number of ether oxygens (including phenoxy) is 1. The second-order valence-electron chi connectivity index (χ2n) is 6.20. The van der Waals surface area contributed by atoms with E-state index in [9.17, 15) is 8.42 Å². The zero-order valence-electron chi connectivity index (χ0n) is 14.9. The van der Waals surface area contributed by atoms with Crippen LogP contribution in [-0.4, -0.2) is 15.5 Å². The van der Waals surface area contributed by atoms with E-state index in [4.69, 9.17) is 16.2 Å². The van der Waals surface area contributed by atoms with E-state index in [1.165, 1.54) is 13.2 Å². The molecule has 3 aromatic rings. The van der Waals surface area contributed by atoms with Crippen molar-refractivity contribution in [2.75, 3.05) is 7.11 Å². The van der Waals surface area contributed by atoms with E-state index < -0.39 is 20.8 Å². The van der Waals surface area contributed by atoms with Crippen LogP contribution in [0.1, 0.15) is 17.2 Å². The minimum atomic E-state index is -4.12. The van der Waals surface area contributed by atoms with E-state index in [1.54, 1.807) is 72.8 Å². The lowest BCUT2D eigenvalue weighted by Gasteiger charge is -2.35. The fourth-order valence-corrected chi connectivity index (χ4v) is 5.09.